The number of amides is 2. The molecule has 2 aromatic heterocycles. The van der Waals surface area contributed by atoms with Crippen LogP contribution < -0.4 is 15.4 Å². The number of benzene rings is 1. The number of hydrogen-bond acceptors (Lipinski definition) is 8. The predicted molar refractivity (Wildman–Crippen MR) is 198 cm³/mol. The Hall–Kier alpha value is -4.18. The first-order valence-corrected chi connectivity index (χ1v) is 19.1. The van der Waals surface area contributed by atoms with Crippen LogP contribution in [0.5, 0.6) is 5.75 Å². The highest BCUT2D eigenvalue weighted by Crippen LogP contribution is 2.62. The number of anilines is 1. The van der Waals surface area contributed by atoms with E-state index in [0.717, 1.165) is 30.2 Å². The van der Waals surface area contributed by atoms with E-state index < -0.39 is 58.4 Å². The number of pyridine rings is 1. The van der Waals surface area contributed by atoms with Gasteiger partial charge < -0.3 is 33.7 Å². The Kier molecular flexibility index (Phi) is 9.82. The van der Waals surface area contributed by atoms with Crippen molar-refractivity contribution in [3.05, 3.63) is 40.7 Å². The number of halogens is 5. The van der Waals surface area contributed by atoms with Crippen LogP contribution in [0, 0.1) is 23.5 Å². The number of piperidine rings is 1. The van der Waals surface area contributed by atoms with Crippen molar-refractivity contribution >= 4 is 28.8 Å². The lowest BCUT2D eigenvalue weighted by Crippen LogP contribution is -2.57. The number of carbonyl (C=O) groups is 2. The maximum atomic E-state index is 17.7. The Morgan fingerprint density at radius 1 is 1.00 bits per heavy atom. The molecule has 306 valence electrons. The fourth-order valence-corrected chi connectivity index (χ4v) is 8.06. The molecule has 2 atom stereocenters. The summed E-state index contributed by atoms with van der Waals surface area (Å²) >= 11 is 0. The molecular weight excluding hydrogens is 741 g/mol. The molecule has 2 saturated carbocycles. The Morgan fingerprint density at radius 2 is 1.62 bits per heavy atom. The number of hydrogen-bond donors (Lipinski definition) is 2. The molecule has 1 aromatic carbocycles. The van der Waals surface area contributed by atoms with Crippen molar-refractivity contribution < 1.29 is 50.5 Å². The van der Waals surface area contributed by atoms with Gasteiger partial charge in [0.25, 0.3) is 0 Å². The lowest BCUT2D eigenvalue weighted by molar-refractivity contribution is -0.275. The van der Waals surface area contributed by atoms with E-state index in [1.165, 1.54) is 0 Å². The molecule has 2 saturated heterocycles. The molecule has 0 radical (unpaired) electrons. The number of fused-ring (bicyclic) bond motifs is 2. The number of rotatable bonds is 9. The minimum Gasteiger partial charge on any atom is -0.444 e. The van der Waals surface area contributed by atoms with Gasteiger partial charge in [-0.1, -0.05) is 13.8 Å². The fraction of sp³-hybridized carbons (Fsp3) is 0.625. The number of aromatic nitrogens is 2. The zero-order valence-corrected chi connectivity index (χ0v) is 33.2. The van der Waals surface area contributed by atoms with Gasteiger partial charge in [0, 0.05) is 48.5 Å². The molecule has 4 fully saturated rings. The molecule has 2 amide bonds. The Balaban J connectivity index is 1.41. The normalized spacial score (nSPS) is 21.9. The van der Waals surface area contributed by atoms with Gasteiger partial charge in [0.1, 0.15) is 16.9 Å². The molecule has 2 unspecified atom stereocenters. The van der Waals surface area contributed by atoms with E-state index in [1.807, 2.05) is 46.1 Å². The van der Waals surface area contributed by atoms with Crippen LogP contribution in [-0.2, 0) is 20.8 Å². The minimum atomic E-state index is -5.34. The molecule has 3 aromatic rings. The van der Waals surface area contributed by atoms with Crippen molar-refractivity contribution in [2.24, 2.45) is 11.8 Å². The third-order valence-electron chi connectivity index (χ3n) is 10.6. The maximum Gasteiger partial charge on any atom is 0.573 e. The van der Waals surface area contributed by atoms with Crippen LogP contribution in [0.15, 0.2) is 12.1 Å². The third kappa shape index (κ3) is 8.00. The number of nitrogens with zero attached hydrogens (tertiary/aromatic N) is 3. The third-order valence-corrected chi connectivity index (χ3v) is 10.6. The first-order valence-electron chi connectivity index (χ1n) is 19.1. The van der Waals surface area contributed by atoms with Crippen molar-refractivity contribution in [1.29, 1.82) is 0 Å². The van der Waals surface area contributed by atoms with Crippen LogP contribution in [0.4, 0.5) is 37.2 Å². The van der Waals surface area contributed by atoms with Crippen LogP contribution in [0.25, 0.3) is 22.2 Å². The van der Waals surface area contributed by atoms with E-state index >= 15 is 8.78 Å². The molecule has 2 N–H and O–H groups in total. The highest BCUT2D eigenvalue weighted by molar-refractivity contribution is 5.94. The molecule has 16 heteroatoms. The van der Waals surface area contributed by atoms with Gasteiger partial charge in [0.2, 0.25) is 0 Å². The van der Waals surface area contributed by atoms with E-state index in [2.05, 4.69) is 15.4 Å². The summed E-state index contributed by atoms with van der Waals surface area (Å²) in [6.07, 6.45) is -5.22. The zero-order chi connectivity index (χ0) is 40.9. The predicted octanol–water partition coefficient (Wildman–Crippen LogP) is 9.14. The van der Waals surface area contributed by atoms with E-state index in [-0.39, 0.29) is 46.5 Å². The van der Waals surface area contributed by atoms with Crippen molar-refractivity contribution in [2.45, 2.75) is 123 Å². The number of carbonyl (C=O) groups excluding carboxylic acids is 2. The largest absolute Gasteiger partial charge is 0.573 e. The van der Waals surface area contributed by atoms with E-state index in [9.17, 15) is 22.8 Å². The van der Waals surface area contributed by atoms with Crippen LogP contribution in [0.1, 0.15) is 110 Å². The summed E-state index contributed by atoms with van der Waals surface area (Å²) in [4.78, 5) is 32.1. The smallest absolute Gasteiger partial charge is 0.444 e. The Morgan fingerprint density at radius 3 is 2.14 bits per heavy atom. The summed E-state index contributed by atoms with van der Waals surface area (Å²) in [5, 5.41) is 6.54. The maximum absolute atomic E-state index is 17.7. The zero-order valence-electron chi connectivity index (χ0n) is 33.2. The Bertz CT molecular complexity index is 2050. The lowest BCUT2D eigenvalue weighted by atomic mass is 9.95. The first kappa shape index (κ1) is 40.0. The minimum absolute atomic E-state index is 0.0501. The molecule has 0 spiro atoms. The average Bonchev–Trinajstić information content (AvgIpc) is 3.91. The fourth-order valence-electron chi connectivity index (χ4n) is 8.06. The summed E-state index contributed by atoms with van der Waals surface area (Å²) < 4.78 is 97.6. The van der Waals surface area contributed by atoms with E-state index in [0.29, 0.717) is 50.0 Å². The second kappa shape index (κ2) is 13.7. The van der Waals surface area contributed by atoms with Crippen LogP contribution in [0.3, 0.4) is 0 Å². The summed E-state index contributed by atoms with van der Waals surface area (Å²) in [6, 6.07) is 1.56. The van der Waals surface area contributed by atoms with Gasteiger partial charge in [-0.2, -0.15) is 0 Å². The first-order chi connectivity index (χ1) is 25.9. The SMILES string of the molecule is CC(C)c1nc(-c2cc(NC(=O)OC(C)(C)C)cc(F)c2OC(F)(F)F)c(F)c2c1c(C1C3CN(C(=O)OC(C)(C)C)CC31)c(CNC1(C)COC1)n2C1CC1. The van der Waals surface area contributed by atoms with Crippen molar-refractivity contribution in [2.75, 3.05) is 31.6 Å². The van der Waals surface area contributed by atoms with Gasteiger partial charge in [-0.15, -0.1) is 13.2 Å². The van der Waals surface area contributed by atoms with Gasteiger partial charge in [0.05, 0.1) is 35.5 Å². The quantitative estimate of drug-likeness (QED) is 0.206. The number of likely N-dealkylation sites (tertiary alicyclic amines) is 1. The van der Waals surface area contributed by atoms with Crippen LogP contribution >= 0.6 is 0 Å². The van der Waals surface area contributed by atoms with Crippen molar-refractivity contribution in [3.63, 3.8) is 0 Å². The van der Waals surface area contributed by atoms with Gasteiger partial charge in [-0.3, -0.25) is 5.32 Å². The monoisotopic (exact) mass is 791 g/mol. The summed E-state index contributed by atoms with van der Waals surface area (Å²) in [6.45, 7) is 18.3. The molecule has 0 bridgehead atoms. The summed E-state index contributed by atoms with van der Waals surface area (Å²) in [7, 11) is 0. The molecule has 11 nitrogen and oxygen atoms in total. The molecule has 2 aliphatic heterocycles. The molecule has 56 heavy (non-hydrogen) atoms. The van der Waals surface area contributed by atoms with Crippen molar-refractivity contribution in [1.82, 2.24) is 19.8 Å². The second-order valence-electron chi connectivity index (χ2n) is 18.2. The number of alkyl halides is 3. The molecule has 4 heterocycles. The Labute approximate surface area is 322 Å². The number of nitrogens with one attached hydrogen (secondary N) is 2. The van der Waals surface area contributed by atoms with Crippen molar-refractivity contribution in [3.8, 4) is 17.0 Å². The molecule has 2 aliphatic carbocycles. The van der Waals surface area contributed by atoms with Gasteiger partial charge >= 0.3 is 18.5 Å². The second-order valence-corrected chi connectivity index (χ2v) is 18.2. The summed E-state index contributed by atoms with van der Waals surface area (Å²) in [5.74, 6) is -3.98. The average molecular weight is 792 g/mol. The van der Waals surface area contributed by atoms with Gasteiger partial charge in [-0.25, -0.2) is 23.4 Å². The molecule has 7 rings (SSSR count). The van der Waals surface area contributed by atoms with Gasteiger partial charge in [0.15, 0.2) is 17.4 Å². The molecule has 4 aliphatic rings. The topological polar surface area (TPSA) is 116 Å². The number of ether oxygens (including phenoxy) is 4. The highest BCUT2D eigenvalue weighted by atomic mass is 19.4. The lowest BCUT2D eigenvalue weighted by Gasteiger charge is -2.39. The molecular formula is C40H50F5N5O6. The van der Waals surface area contributed by atoms with E-state index in [1.54, 1.807) is 25.7 Å². The summed E-state index contributed by atoms with van der Waals surface area (Å²) in [5.41, 5.74) is -1.05. The standard InChI is InChI=1S/C40H50F5N5O6/c1-19(2)31-29-28(27-23-15-49(16-24(23)27)36(52)56-38(6,7)8)26(14-46-39(9)17-53-18-39)50(21-10-11-21)33(29)30(42)32(48-31)22-12-20(47-35(51)55-37(3,4)5)13-25(41)34(22)54-40(43,44)45/h12-13,19,21,23-24,27,46H,10-11,14-18H2,1-9H3,(H,47,51). The highest BCUT2D eigenvalue weighted by Gasteiger charge is 2.60. The van der Waals surface area contributed by atoms with Crippen LogP contribution in [-0.4, -0.2) is 76.0 Å². The van der Waals surface area contributed by atoms with Crippen LogP contribution in [0.2, 0.25) is 0 Å². The van der Waals surface area contributed by atoms with Gasteiger partial charge in [-0.05, 0) is 96.6 Å². The van der Waals surface area contributed by atoms with E-state index in [4.69, 9.17) is 19.2 Å².